The highest BCUT2D eigenvalue weighted by molar-refractivity contribution is 7.99. The molecule has 32 heavy (non-hydrogen) atoms. The van der Waals surface area contributed by atoms with Gasteiger partial charge in [-0.3, -0.25) is 9.59 Å². The van der Waals surface area contributed by atoms with Gasteiger partial charge < -0.3 is 15.0 Å². The van der Waals surface area contributed by atoms with E-state index in [1.165, 1.54) is 11.8 Å². The van der Waals surface area contributed by atoms with Crippen LogP contribution in [0.25, 0.3) is 0 Å². The Hall–Kier alpha value is -1.89. The minimum Gasteiger partial charge on any atom is -0.497 e. The van der Waals surface area contributed by atoms with Crippen molar-refractivity contribution in [2.24, 2.45) is 5.92 Å². The number of carbonyl (C=O) groups is 2. The van der Waals surface area contributed by atoms with Crippen LogP contribution in [0.1, 0.15) is 31.9 Å². The second-order valence-corrected chi connectivity index (χ2v) is 9.68. The van der Waals surface area contributed by atoms with Gasteiger partial charge in [0.15, 0.2) is 0 Å². The Bertz CT molecular complexity index is 886. The van der Waals surface area contributed by atoms with E-state index in [1.807, 2.05) is 38.1 Å². The quantitative estimate of drug-likeness (QED) is 0.450. The second kappa shape index (κ2) is 13.0. The average molecular weight is 497 g/mol. The number of thioether (sulfide) groups is 1. The van der Waals surface area contributed by atoms with Gasteiger partial charge in [0.1, 0.15) is 11.8 Å². The fourth-order valence-electron chi connectivity index (χ4n) is 2.96. The molecule has 0 aromatic heterocycles. The van der Waals surface area contributed by atoms with Gasteiger partial charge in [0.25, 0.3) is 0 Å². The first-order valence-corrected chi connectivity index (χ1v) is 12.3. The van der Waals surface area contributed by atoms with Crippen LogP contribution in [0.4, 0.5) is 0 Å². The van der Waals surface area contributed by atoms with E-state index in [0.717, 1.165) is 16.9 Å². The second-order valence-electron chi connectivity index (χ2n) is 7.88. The van der Waals surface area contributed by atoms with Crippen LogP contribution in [0.3, 0.4) is 0 Å². The molecule has 0 aliphatic heterocycles. The van der Waals surface area contributed by atoms with Crippen molar-refractivity contribution in [3.63, 3.8) is 0 Å². The summed E-state index contributed by atoms with van der Waals surface area (Å²) < 4.78 is 5.21. The molecule has 0 saturated carbocycles. The number of hydrogen-bond donors (Lipinski definition) is 1. The maximum absolute atomic E-state index is 13.1. The van der Waals surface area contributed by atoms with Gasteiger partial charge in [0.05, 0.1) is 12.9 Å². The fraction of sp³-hybridized carbons (Fsp3) is 0.417. The molecule has 1 N–H and O–H groups in total. The fourth-order valence-corrected chi connectivity index (χ4v) is 4.60. The number of benzene rings is 2. The first kappa shape index (κ1) is 26.4. The summed E-state index contributed by atoms with van der Waals surface area (Å²) in [4.78, 5) is 27.5. The predicted molar refractivity (Wildman–Crippen MR) is 133 cm³/mol. The molecule has 0 bridgehead atoms. The van der Waals surface area contributed by atoms with E-state index in [1.54, 1.807) is 37.1 Å². The van der Waals surface area contributed by atoms with Crippen molar-refractivity contribution in [2.45, 2.75) is 39.1 Å². The highest BCUT2D eigenvalue weighted by atomic mass is 35.5. The van der Waals surface area contributed by atoms with Crippen LogP contribution in [-0.2, 0) is 21.9 Å². The molecule has 0 aliphatic carbocycles. The van der Waals surface area contributed by atoms with Crippen molar-refractivity contribution in [3.8, 4) is 5.75 Å². The molecule has 174 valence electrons. The van der Waals surface area contributed by atoms with Gasteiger partial charge in [-0.2, -0.15) is 0 Å². The number of ether oxygens (including phenoxy) is 1. The summed E-state index contributed by atoms with van der Waals surface area (Å²) in [6.45, 7) is 6.70. The third-order valence-electron chi connectivity index (χ3n) is 4.90. The molecule has 8 heteroatoms. The molecule has 0 aliphatic rings. The molecule has 2 rings (SSSR count). The lowest BCUT2D eigenvalue weighted by molar-refractivity contribution is -0.138. The molecule has 2 aromatic rings. The van der Waals surface area contributed by atoms with Gasteiger partial charge in [-0.05, 0) is 48.2 Å². The van der Waals surface area contributed by atoms with E-state index >= 15 is 0 Å². The number of halogens is 2. The lowest BCUT2D eigenvalue weighted by Gasteiger charge is -2.29. The van der Waals surface area contributed by atoms with E-state index in [0.29, 0.717) is 34.8 Å². The summed E-state index contributed by atoms with van der Waals surface area (Å²) in [7, 11) is 1.61. The molecule has 0 heterocycles. The predicted octanol–water partition coefficient (Wildman–Crippen LogP) is 5.42. The lowest BCUT2D eigenvalue weighted by Crippen LogP contribution is -2.48. The van der Waals surface area contributed by atoms with E-state index in [9.17, 15) is 9.59 Å². The highest BCUT2D eigenvalue weighted by Gasteiger charge is 2.26. The Labute approximate surface area is 204 Å². The summed E-state index contributed by atoms with van der Waals surface area (Å²) in [6.07, 6.45) is 0. The maximum Gasteiger partial charge on any atom is 0.242 e. The van der Waals surface area contributed by atoms with Gasteiger partial charge in [0, 0.05) is 28.9 Å². The number of amides is 2. The van der Waals surface area contributed by atoms with Crippen LogP contribution in [-0.4, -0.2) is 42.2 Å². The Morgan fingerprint density at radius 1 is 1.06 bits per heavy atom. The minimum absolute atomic E-state index is 0.124. The smallest absolute Gasteiger partial charge is 0.242 e. The minimum atomic E-state index is -0.604. The van der Waals surface area contributed by atoms with Crippen LogP contribution in [0.15, 0.2) is 42.5 Å². The van der Waals surface area contributed by atoms with E-state index < -0.39 is 6.04 Å². The first-order valence-electron chi connectivity index (χ1n) is 10.4. The van der Waals surface area contributed by atoms with Crippen LogP contribution >= 0.6 is 35.0 Å². The lowest BCUT2D eigenvalue weighted by atomic mass is 10.1. The van der Waals surface area contributed by atoms with E-state index in [4.69, 9.17) is 27.9 Å². The monoisotopic (exact) mass is 496 g/mol. The van der Waals surface area contributed by atoms with Crippen LogP contribution in [0.2, 0.25) is 10.0 Å². The zero-order chi connectivity index (χ0) is 23.7. The van der Waals surface area contributed by atoms with Crippen molar-refractivity contribution in [3.05, 3.63) is 63.6 Å². The molecule has 2 aromatic carbocycles. The molecule has 0 unspecified atom stereocenters. The number of rotatable bonds is 11. The Morgan fingerprint density at radius 3 is 2.25 bits per heavy atom. The number of methoxy groups -OCH3 is 1. The van der Waals surface area contributed by atoms with Crippen molar-refractivity contribution in [2.75, 3.05) is 19.4 Å². The molecular weight excluding hydrogens is 467 g/mol. The number of carbonyl (C=O) groups excluding carboxylic acids is 2. The maximum atomic E-state index is 13.1. The van der Waals surface area contributed by atoms with E-state index in [2.05, 4.69) is 5.32 Å². The van der Waals surface area contributed by atoms with E-state index in [-0.39, 0.29) is 17.6 Å². The summed E-state index contributed by atoms with van der Waals surface area (Å²) in [6, 6.07) is 12.2. The molecule has 1 atom stereocenters. The summed E-state index contributed by atoms with van der Waals surface area (Å²) in [5.41, 5.74) is 1.72. The van der Waals surface area contributed by atoms with Crippen molar-refractivity contribution in [1.82, 2.24) is 10.2 Å². The van der Waals surface area contributed by atoms with Gasteiger partial charge in [-0.15, -0.1) is 11.8 Å². The largest absolute Gasteiger partial charge is 0.497 e. The normalized spacial score (nSPS) is 11.8. The number of nitrogens with zero attached hydrogens (tertiary/aromatic N) is 1. The number of hydrogen-bond acceptors (Lipinski definition) is 4. The van der Waals surface area contributed by atoms with Gasteiger partial charge in [0.2, 0.25) is 11.8 Å². The summed E-state index contributed by atoms with van der Waals surface area (Å²) in [5.74, 6) is 1.49. The topological polar surface area (TPSA) is 58.6 Å². The van der Waals surface area contributed by atoms with Crippen molar-refractivity contribution >= 4 is 46.8 Å². The van der Waals surface area contributed by atoms with Gasteiger partial charge in [-0.1, -0.05) is 55.2 Å². The van der Waals surface area contributed by atoms with Gasteiger partial charge in [-0.25, -0.2) is 0 Å². The Kier molecular flexibility index (Phi) is 10.7. The average Bonchev–Trinajstić information content (AvgIpc) is 2.77. The molecule has 0 spiro atoms. The molecule has 0 fully saturated rings. The standard InChI is InChI=1S/C24H30Cl2N2O3S/c1-16(2)12-27-24(30)17(3)28(13-18-8-10-19(31-4)11-9-18)23(29)15-32-14-20-21(25)6-5-7-22(20)26/h5-11,16-17H,12-15H2,1-4H3,(H,27,30)/t17-/m1/s1. The summed E-state index contributed by atoms with van der Waals surface area (Å²) >= 11 is 13.9. The third-order valence-corrected chi connectivity index (χ3v) is 6.55. The van der Waals surface area contributed by atoms with Crippen LogP contribution in [0.5, 0.6) is 5.75 Å². The third kappa shape index (κ3) is 7.91. The molecule has 0 saturated heterocycles. The highest BCUT2D eigenvalue weighted by Crippen LogP contribution is 2.28. The zero-order valence-corrected chi connectivity index (χ0v) is 21.2. The molecule has 2 amide bonds. The van der Waals surface area contributed by atoms with Crippen LogP contribution < -0.4 is 10.1 Å². The Morgan fingerprint density at radius 2 is 1.69 bits per heavy atom. The van der Waals surface area contributed by atoms with Crippen molar-refractivity contribution in [1.29, 1.82) is 0 Å². The number of nitrogens with one attached hydrogen (secondary N) is 1. The molecule has 0 radical (unpaired) electrons. The van der Waals surface area contributed by atoms with Crippen LogP contribution in [0, 0.1) is 5.92 Å². The SMILES string of the molecule is COc1ccc(CN(C(=O)CSCc2c(Cl)cccc2Cl)[C@H](C)C(=O)NCC(C)C)cc1. The Balaban J connectivity index is 2.10. The first-order chi connectivity index (χ1) is 15.2. The molecule has 5 nitrogen and oxygen atoms in total. The zero-order valence-electron chi connectivity index (χ0n) is 18.9. The summed E-state index contributed by atoms with van der Waals surface area (Å²) in [5, 5.41) is 4.08. The van der Waals surface area contributed by atoms with Gasteiger partial charge >= 0.3 is 0 Å². The van der Waals surface area contributed by atoms with Crippen molar-refractivity contribution < 1.29 is 14.3 Å². The molecular formula is C24H30Cl2N2O3S.